The Kier molecular flexibility index (Phi) is 6.48. The molecule has 0 aromatic carbocycles. The van der Waals surface area contributed by atoms with E-state index in [9.17, 15) is 21.8 Å². The summed E-state index contributed by atoms with van der Waals surface area (Å²) in [6.45, 7) is 0. The Labute approximate surface area is 53.7 Å². The molecule has 0 bridgehead atoms. The molecule has 0 atom stereocenters. The molecule has 58 valence electrons. The van der Waals surface area contributed by atoms with Gasteiger partial charge in [-0.05, 0) is 0 Å². The molecule has 0 rings (SSSR count). The third-order valence-electron chi connectivity index (χ3n) is 0. The van der Waals surface area contributed by atoms with Gasteiger partial charge in [-0.15, -0.1) is 0 Å². The molecule has 0 saturated carbocycles. The molecule has 0 aliphatic rings. The Morgan fingerprint density at radius 1 is 1.11 bits per heavy atom. The molecule has 7 heteroatoms. The summed E-state index contributed by atoms with van der Waals surface area (Å²) < 4.78 is 48.6. The summed E-state index contributed by atoms with van der Waals surface area (Å²) in [6, 6.07) is 0. The molecule has 0 fully saturated rings. The molecule has 0 saturated heterocycles. The van der Waals surface area contributed by atoms with Crippen LogP contribution < -0.4 is 0 Å². The van der Waals surface area contributed by atoms with E-state index in [1.165, 1.54) is 0 Å². The van der Waals surface area contributed by atoms with Crippen molar-refractivity contribution in [2.24, 2.45) is 0 Å². The predicted molar refractivity (Wildman–Crippen MR) is 30.2 cm³/mol. The van der Waals surface area contributed by atoms with Gasteiger partial charge in [0.15, 0.2) is 0 Å². The lowest BCUT2D eigenvalue weighted by atomic mass is 10.3. The lowest BCUT2D eigenvalue weighted by molar-refractivity contribution is 0.368. The molecule has 9 heavy (non-hydrogen) atoms. The number of hydrogen-bond acceptors (Lipinski definition) is 1. The quantitative estimate of drug-likeness (QED) is 0.301. The van der Waals surface area contributed by atoms with Crippen LogP contribution in [0.3, 0.4) is 0 Å². The zero-order chi connectivity index (χ0) is 8.08. The SMILES string of the molecule is C[S+](C)[O-].F[B-](F)(F)F. The van der Waals surface area contributed by atoms with Gasteiger partial charge in [0.05, 0.1) is 12.5 Å². The third kappa shape index (κ3) is 33400. The third-order valence-corrected chi connectivity index (χ3v) is 0. The van der Waals surface area contributed by atoms with Crippen LogP contribution in [0.1, 0.15) is 0 Å². The molecular weight excluding hydrogens is 159 g/mol. The van der Waals surface area contributed by atoms with Crippen molar-refractivity contribution in [3.8, 4) is 0 Å². The standard InChI is InChI=1S/C2H6OS.BF4/c1-4(2)3;2-1(3,4)5/h1-2H3;/q;-1. The van der Waals surface area contributed by atoms with Crippen LogP contribution in [0.25, 0.3) is 0 Å². The van der Waals surface area contributed by atoms with Gasteiger partial charge >= 0.3 is 7.25 Å². The van der Waals surface area contributed by atoms with Crippen molar-refractivity contribution >= 4 is 18.4 Å². The maximum atomic E-state index is 9.75. The van der Waals surface area contributed by atoms with Gasteiger partial charge in [0.25, 0.3) is 0 Å². The minimum Gasteiger partial charge on any atom is -0.617 e. The first-order valence-corrected chi connectivity index (χ1v) is 3.82. The van der Waals surface area contributed by atoms with Crippen molar-refractivity contribution in [3.05, 3.63) is 0 Å². The average Bonchev–Trinajstić information content (AvgIpc) is 1.19. The second-order valence-corrected chi connectivity index (χ2v) is 2.72. The van der Waals surface area contributed by atoms with Gasteiger partial charge in [0, 0.05) is 0 Å². The second-order valence-electron chi connectivity index (χ2n) is 1.24. The fourth-order valence-corrected chi connectivity index (χ4v) is 0. The van der Waals surface area contributed by atoms with Gasteiger partial charge in [0.1, 0.15) is 0 Å². The smallest absolute Gasteiger partial charge is 0.617 e. The van der Waals surface area contributed by atoms with Crippen LogP contribution in [-0.2, 0) is 11.2 Å². The van der Waals surface area contributed by atoms with E-state index >= 15 is 0 Å². The first kappa shape index (κ1) is 11.8. The normalized spacial score (nSPS) is 10.7. The molecule has 0 unspecified atom stereocenters. The maximum absolute atomic E-state index is 9.75. The monoisotopic (exact) mass is 165 g/mol. The van der Waals surface area contributed by atoms with Gasteiger partial charge < -0.3 is 21.8 Å². The molecule has 0 aliphatic carbocycles. The van der Waals surface area contributed by atoms with Crippen LogP contribution in [0.4, 0.5) is 17.3 Å². The Bertz CT molecular complexity index is 55.3. The van der Waals surface area contributed by atoms with Crippen molar-refractivity contribution in [3.63, 3.8) is 0 Å². The number of halogens is 4. The molecule has 0 aromatic heterocycles. The minimum absolute atomic E-state index is 0.611. The maximum Gasteiger partial charge on any atom is 0.673 e. The van der Waals surface area contributed by atoms with Gasteiger partial charge in [0.2, 0.25) is 0 Å². The van der Waals surface area contributed by atoms with Crippen molar-refractivity contribution < 1.29 is 21.8 Å². The predicted octanol–water partition coefficient (Wildman–Crippen LogP) is 1.29. The summed E-state index contributed by atoms with van der Waals surface area (Å²) in [6.07, 6.45) is 3.28. The van der Waals surface area contributed by atoms with Gasteiger partial charge in [-0.1, -0.05) is 11.2 Å². The average molecular weight is 165 g/mol. The molecule has 0 aromatic rings. The first-order chi connectivity index (χ1) is 3.73. The highest BCUT2D eigenvalue weighted by molar-refractivity contribution is 7.89. The van der Waals surface area contributed by atoms with E-state index in [1.54, 1.807) is 12.5 Å². The van der Waals surface area contributed by atoms with Gasteiger partial charge in [-0.2, -0.15) is 0 Å². The van der Waals surface area contributed by atoms with E-state index in [1.807, 2.05) is 0 Å². The lowest BCUT2D eigenvalue weighted by Gasteiger charge is -1.94. The van der Waals surface area contributed by atoms with Crippen LogP contribution in [0.2, 0.25) is 0 Å². The van der Waals surface area contributed by atoms with Crippen molar-refractivity contribution in [2.75, 3.05) is 12.5 Å². The van der Waals surface area contributed by atoms with Crippen molar-refractivity contribution in [1.82, 2.24) is 0 Å². The number of hydrogen-bond donors (Lipinski definition) is 0. The van der Waals surface area contributed by atoms with Crippen molar-refractivity contribution in [1.29, 1.82) is 0 Å². The molecule has 0 spiro atoms. The minimum atomic E-state index is -6.00. The highest BCUT2D eigenvalue weighted by Gasteiger charge is 2.20. The lowest BCUT2D eigenvalue weighted by Crippen LogP contribution is -2.02. The molecule has 0 N–H and O–H groups in total. The summed E-state index contributed by atoms with van der Waals surface area (Å²) in [5.41, 5.74) is 0. The van der Waals surface area contributed by atoms with Crippen LogP contribution in [0, 0.1) is 0 Å². The van der Waals surface area contributed by atoms with E-state index < -0.39 is 18.4 Å². The summed E-state index contributed by atoms with van der Waals surface area (Å²) in [5, 5.41) is 0. The molecule has 0 heterocycles. The van der Waals surface area contributed by atoms with E-state index in [0.29, 0.717) is 0 Å². The summed E-state index contributed by atoms with van der Waals surface area (Å²) >= 11 is -0.611. The summed E-state index contributed by atoms with van der Waals surface area (Å²) in [7, 11) is -6.00. The molecule has 1 nitrogen and oxygen atoms in total. The second kappa shape index (κ2) is 4.93. The zero-order valence-corrected chi connectivity index (χ0v) is 5.72. The Balaban J connectivity index is 0. The molecule has 0 aliphatic heterocycles. The topological polar surface area (TPSA) is 23.1 Å². The fraction of sp³-hybridized carbons (Fsp3) is 1.00. The Morgan fingerprint density at radius 2 is 1.11 bits per heavy atom. The largest absolute Gasteiger partial charge is 0.673 e. The number of rotatable bonds is 0. The van der Waals surface area contributed by atoms with E-state index in [2.05, 4.69) is 0 Å². The van der Waals surface area contributed by atoms with Gasteiger partial charge in [-0.25, -0.2) is 0 Å². The Hall–Kier alpha value is 0.0949. The molecular formula is C2H6BF4OS-. The van der Waals surface area contributed by atoms with Crippen LogP contribution >= 0.6 is 0 Å². The van der Waals surface area contributed by atoms with Crippen LogP contribution in [0.5, 0.6) is 0 Å². The highest BCUT2D eigenvalue weighted by atomic mass is 32.2. The zero-order valence-electron chi connectivity index (χ0n) is 4.91. The van der Waals surface area contributed by atoms with Crippen LogP contribution in [0.15, 0.2) is 0 Å². The fourth-order valence-electron chi connectivity index (χ4n) is 0. The van der Waals surface area contributed by atoms with Gasteiger partial charge in [-0.3, -0.25) is 0 Å². The van der Waals surface area contributed by atoms with E-state index in [-0.39, 0.29) is 0 Å². The van der Waals surface area contributed by atoms with E-state index in [4.69, 9.17) is 0 Å². The molecule has 0 amide bonds. The summed E-state index contributed by atoms with van der Waals surface area (Å²) in [4.78, 5) is 0. The van der Waals surface area contributed by atoms with E-state index in [0.717, 1.165) is 0 Å². The summed E-state index contributed by atoms with van der Waals surface area (Å²) in [5.74, 6) is 0. The molecule has 0 radical (unpaired) electrons. The first-order valence-electron chi connectivity index (χ1n) is 1.86. The van der Waals surface area contributed by atoms with Crippen LogP contribution in [-0.4, -0.2) is 24.3 Å². The Morgan fingerprint density at radius 3 is 1.11 bits per heavy atom. The highest BCUT2D eigenvalue weighted by Crippen LogP contribution is 2.06. The van der Waals surface area contributed by atoms with Crippen molar-refractivity contribution in [2.45, 2.75) is 0 Å².